The second-order valence-electron chi connectivity index (χ2n) is 4.38. The van der Waals surface area contributed by atoms with Crippen molar-refractivity contribution in [3.63, 3.8) is 0 Å². The summed E-state index contributed by atoms with van der Waals surface area (Å²) >= 11 is 0. The number of hydrogen-bond acceptors (Lipinski definition) is 5. The number of rotatable bonds is 10. The molecule has 0 aliphatic rings. The predicted octanol–water partition coefficient (Wildman–Crippen LogP) is 0.254. The first-order valence-electron chi connectivity index (χ1n) is 6.30. The van der Waals surface area contributed by atoms with Crippen LogP contribution in [0, 0.1) is 0 Å². The van der Waals surface area contributed by atoms with E-state index >= 15 is 0 Å². The molecule has 3 N–H and O–H groups in total. The molecule has 17 heavy (non-hydrogen) atoms. The molecule has 0 amide bonds. The Balaban J connectivity index is 4.19. The minimum absolute atomic E-state index is 0.329. The van der Waals surface area contributed by atoms with Crippen molar-refractivity contribution in [3.8, 4) is 0 Å². The minimum atomic E-state index is -0.351. The maximum absolute atomic E-state index is 5.80. The summed E-state index contributed by atoms with van der Waals surface area (Å²) in [5, 5.41) is 3.43. The topological polar surface area (TPSA) is 59.8 Å². The molecule has 0 bridgehead atoms. The lowest BCUT2D eigenvalue weighted by Gasteiger charge is -2.36. The second kappa shape index (κ2) is 8.83. The summed E-state index contributed by atoms with van der Waals surface area (Å²) in [6.45, 7) is 10.8. The molecule has 104 valence electrons. The van der Waals surface area contributed by atoms with Crippen LogP contribution in [0.15, 0.2) is 0 Å². The fourth-order valence-corrected chi connectivity index (χ4v) is 1.91. The third-order valence-electron chi connectivity index (χ3n) is 3.22. The van der Waals surface area contributed by atoms with Gasteiger partial charge in [0.15, 0.2) is 6.29 Å². The number of nitrogens with two attached hydrogens (primary N) is 1. The molecule has 0 fully saturated rings. The largest absolute Gasteiger partial charge is 0.354 e. The maximum Gasteiger partial charge on any atom is 0.175 e. The van der Waals surface area contributed by atoms with Crippen LogP contribution in [0.25, 0.3) is 0 Å². The highest BCUT2D eigenvalue weighted by Gasteiger charge is 2.32. The van der Waals surface area contributed by atoms with Gasteiger partial charge in [0.25, 0.3) is 0 Å². The van der Waals surface area contributed by atoms with Crippen molar-refractivity contribution >= 4 is 0 Å². The van der Waals surface area contributed by atoms with E-state index in [-0.39, 0.29) is 11.8 Å². The van der Waals surface area contributed by atoms with Gasteiger partial charge in [-0.15, -0.1) is 0 Å². The highest BCUT2D eigenvalue weighted by Crippen LogP contribution is 2.12. The quantitative estimate of drug-likeness (QED) is 0.542. The van der Waals surface area contributed by atoms with Crippen LogP contribution in [0.3, 0.4) is 0 Å². The van der Waals surface area contributed by atoms with Gasteiger partial charge in [0.05, 0.1) is 5.54 Å². The summed E-state index contributed by atoms with van der Waals surface area (Å²) < 4.78 is 10.6. The monoisotopic (exact) mass is 247 g/mol. The Morgan fingerprint density at radius 2 is 1.76 bits per heavy atom. The van der Waals surface area contributed by atoms with Crippen molar-refractivity contribution < 1.29 is 9.47 Å². The molecule has 0 aromatic carbocycles. The average Bonchev–Trinajstić information content (AvgIpc) is 2.36. The molecule has 0 aromatic heterocycles. The number of likely N-dealkylation sites (N-methyl/N-ethyl adjacent to an activating group) is 1. The third-order valence-corrected chi connectivity index (χ3v) is 3.22. The Labute approximate surface area is 106 Å². The molecule has 0 saturated carbocycles. The first-order chi connectivity index (χ1) is 8.07. The standard InChI is InChI=1S/C12H29N3O2/c1-6-15(7-2)9-8-14-12(3,10-13)11(16-4)17-5/h11,14H,6-10,13H2,1-5H3. The third kappa shape index (κ3) is 5.31. The van der Waals surface area contributed by atoms with Crippen molar-refractivity contribution in [2.24, 2.45) is 5.73 Å². The Hall–Kier alpha value is -0.200. The van der Waals surface area contributed by atoms with E-state index in [0.717, 1.165) is 26.2 Å². The normalized spacial score (nSPS) is 15.5. The Morgan fingerprint density at radius 1 is 1.24 bits per heavy atom. The zero-order valence-corrected chi connectivity index (χ0v) is 12.0. The molecule has 1 atom stereocenters. The Kier molecular flexibility index (Phi) is 8.72. The summed E-state index contributed by atoms with van der Waals surface area (Å²) in [5.74, 6) is 0. The first-order valence-corrected chi connectivity index (χ1v) is 6.30. The molecule has 0 radical (unpaired) electrons. The van der Waals surface area contributed by atoms with Crippen LogP contribution >= 0.6 is 0 Å². The number of nitrogens with one attached hydrogen (secondary N) is 1. The summed E-state index contributed by atoms with van der Waals surface area (Å²) in [6.07, 6.45) is -0.329. The lowest BCUT2D eigenvalue weighted by atomic mass is 10.0. The molecule has 5 heteroatoms. The van der Waals surface area contributed by atoms with E-state index in [1.54, 1.807) is 14.2 Å². The lowest BCUT2D eigenvalue weighted by molar-refractivity contribution is -0.149. The summed E-state index contributed by atoms with van der Waals surface area (Å²) in [7, 11) is 3.27. The van der Waals surface area contributed by atoms with E-state index in [4.69, 9.17) is 15.2 Å². The van der Waals surface area contributed by atoms with Gasteiger partial charge in [0.2, 0.25) is 0 Å². The zero-order chi connectivity index (χ0) is 13.3. The minimum Gasteiger partial charge on any atom is -0.354 e. The Morgan fingerprint density at radius 3 is 2.12 bits per heavy atom. The van der Waals surface area contributed by atoms with Gasteiger partial charge < -0.3 is 25.4 Å². The van der Waals surface area contributed by atoms with Gasteiger partial charge in [-0.1, -0.05) is 13.8 Å². The van der Waals surface area contributed by atoms with E-state index in [1.807, 2.05) is 6.92 Å². The van der Waals surface area contributed by atoms with E-state index in [2.05, 4.69) is 24.1 Å². The fraction of sp³-hybridized carbons (Fsp3) is 1.00. The van der Waals surface area contributed by atoms with Crippen molar-refractivity contribution in [1.29, 1.82) is 0 Å². The van der Waals surface area contributed by atoms with Gasteiger partial charge in [-0.3, -0.25) is 0 Å². The van der Waals surface area contributed by atoms with Crippen LogP contribution in [0.4, 0.5) is 0 Å². The van der Waals surface area contributed by atoms with Crippen molar-refractivity contribution in [3.05, 3.63) is 0 Å². The molecule has 0 rings (SSSR count). The van der Waals surface area contributed by atoms with Gasteiger partial charge in [-0.2, -0.15) is 0 Å². The highest BCUT2D eigenvalue weighted by atomic mass is 16.7. The van der Waals surface area contributed by atoms with Crippen molar-refractivity contribution in [2.45, 2.75) is 32.6 Å². The average molecular weight is 247 g/mol. The molecule has 1 unspecified atom stereocenters. The predicted molar refractivity (Wildman–Crippen MR) is 71.1 cm³/mol. The fourth-order valence-electron chi connectivity index (χ4n) is 1.91. The van der Waals surface area contributed by atoms with Crippen LogP contribution in [0.1, 0.15) is 20.8 Å². The molecule has 0 aromatic rings. The van der Waals surface area contributed by atoms with Crippen molar-refractivity contribution in [2.75, 3.05) is 46.9 Å². The van der Waals surface area contributed by atoms with Gasteiger partial charge in [0, 0.05) is 33.9 Å². The van der Waals surface area contributed by atoms with Crippen molar-refractivity contribution in [1.82, 2.24) is 10.2 Å². The van der Waals surface area contributed by atoms with Crippen LogP contribution in [-0.2, 0) is 9.47 Å². The highest BCUT2D eigenvalue weighted by molar-refractivity contribution is 4.88. The summed E-state index contributed by atoms with van der Waals surface area (Å²) in [5.41, 5.74) is 5.45. The molecular formula is C12H29N3O2. The maximum atomic E-state index is 5.80. The number of methoxy groups -OCH3 is 2. The molecular weight excluding hydrogens is 218 g/mol. The zero-order valence-electron chi connectivity index (χ0n) is 12.0. The summed E-state index contributed by atoms with van der Waals surface area (Å²) in [4.78, 5) is 2.36. The number of ether oxygens (including phenoxy) is 2. The SMILES string of the molecule is CCN(CC)CCNC(C)(CN)C(OC)OC. The molecule has 0 heterocycles. The van der Waals surface area contributed by atoms with Crippen LogP contribution < -0.4 is 11.1 Å². The van der Waals surface area contributed by atoms with E-state index in [9.17, 15) is 0 Å². The van der Waals surface area contributed by atoms with Crippen LogP contribution in [-0.4, -0.2) is 63.7 Å². The summed E-state index contributed by atoms with van der Waals surface area (Å²) in [6, 6.07) is 0. The molecule has 0 spiro atoms. The van der Waals surface area contributed by atoms with E-state index in [0.29, 0.717) is 6.54 Å². The molecule has 5 nitrogen and oxygen atoms in total. The van der Waals surface area contributed by atoms with E-state index < -0.39 is 0 Å². The van der Waals surface area contributed by atoms with E-state index in [1.165, 1.54) is 0 Å². The van der Waals surface area contributed by atoms with Crippen LogP contribution in [0.5, 0.6) is 0 Å². The lowest BCUT2D eigenvalue weighted by Crippen LogP contribution is -2.59. The van der Waals surface area contributed by atoms with Crippen LogP contribution in [0.2, 0.25) is 0 Å². The van der Waals surface area contributed by atoms with Gasteiger partial charge in [0.1, 0.15) is 0 Å². The van der Waals surface area contributed by atoms with Gasteiger partial charge in [-0.05, 0) is 20.0 Å². The first kappa shape index (κ1) is 16.8. The number of hydrogen-bond donors (Lipinski definition) is 2. The van der Waals surface area contributed by atoms with Gasteiger partial charge in [-0.25, -0.2) is 0 Å². The molecule has 0 saturated heterocycles. The van der Waals surface area contributed by atoms with Gasteiger partial charge >= 0.3 is 0 Å². The second-order valence-corrected chi connectivity index (χ2v) is 4.38. The smallest absolute Gasteiger partial charge is 0.175 e. The Bertz CT molecular complexity index is 185. The number of nitrogens with zero attached hydrogens (tertiary/aromatic N) is 1. The molecule has 0 aliphatic carbocycles. The molecule has 0 aliphatic heterocycles.